The second kappa shape index (κ2) is 5.95. The molecule has 0 radical (unpaired) electrons. The van der Waals surface area contributed by atoms with Gasteiger partial charge in [0, 0.05) is 16.1 Å². The predicted octanol–water partition coefficient (Wildman–Crippen LogP) is 4.23. The van der Waals surface area contributed by atoms with Crippen LogP contribution in [0.5, 0.6) is 0 Å². The van der Waals surface area contributed by atoms with E-state index in [9.17, 15) is 0 Å². The standard InChI is InChI=1S/C11H13Cl2N.ClH/c12-9-5-8(6-10(13)7-9)11-3-1-2-4-14-11;/h5-7,11,14H,1-4H2;1H/t11-;/m0./s1. The second-order valence-electron chi connectivity index (χ2n) is 3.71. The maximum atomic E-state index is 5.96. The average molecular weight is 267 g/mol. The summed E-state index contributed by atoms with van der Waals surface area (Å²) in [5.74, 6) is 0. The van der Waals surface area contributed by atoms with Crippen LogP contribution >= 0.6 is 35.6 Å². The second-order valence-corrected chi connectivity index (χ2v) is 4.58. The molecule has 0 amide bonds. The zero-order valence-electron chi connectivity index (χ0n) is 8.30. The molecule has 15 heavy (non-hydrogen) atoms. The third-order valence-electron chi connectivity index (χ3n) is 2.60. The van der Waals surface area contributed by atoms with Gasteiger partial charge in [-0.1, -0.05) is 29.6 Å². The molecule has 1 heterocycles. The van der Waals surface area contributed by atoms with E-state index in [1.165, 1.54) is 24.8 Å². The first kappa shape index (κ1) is 13.1. The summed E-state index contributed by atoms with van der Waals surface area (Å²) in [4.78, 5) is 0. The Hall–Kier alpha value is 0.0500. The Balaban J connectivity index is 0.00000112. The Labute approximate surface area is 107 Å². The van der Waals surface area contributed by atoms with Crippen LogP contribution in [0.15, 0.2) is 18.2 Å². The van der Waals surface area contributed by atoms with E-state index in [-0.39, 0.29) is 12.4 Å². The molecule has 1 saturated heterocycles. The van der Waals surface area contributed by atoms with Crippen molar-refractivity contribution < 1.29 is 0 Å². The SMILES string of the molecule is Cl.Clc1cc(Cl)cc([C@@H]2CCCCN2)c1. The minimum absolute atomic E-state index is 0. The number of hydrogen-bond donors (Lipinski definition) is 1. The predicted molar refractivity (Wildman–Crippen MR) is 68.3 cm³/mol. The molecular weight excluding hydrogens is 252 g/mol. The lowest BCUT2D eigenvalue weighted by Gasteiger charge is -2.24. The lowest BCUT2D eigenvalue weighted by molar-refractivity contribution is 0.412. The van der Waals surface area contributed by atoms with Crippen molar-refractivity contribution in [3.8, 4) is 0 Å². The van der Waals surface area contributed by atoms with Gasteiger partial charge in [-0.3, -0.25) is 0 Å². The molecule has 0 bridgehead atoms. The largest absolute Gasteiger partial charge is 0.310 e. The van der Waals surface area contributed by atoms with E-state index in [1.807, 2.05) is 12.1 Å². The Bertz CT molecular complexity index is 301. The number of rotatable bonds is 1. The van der Waals surface area contributed by atoms with Crippen LogP contribution in [-0.2, 0) is 0 Å². The maximum Gasteiger partial charge on any atom is 0.0424 e. The van der Waals surface area contributed by atoms with E-state index in [4.69, 9.17) is 23.2 Å². The van der Waals surface area contributed by atoms with Crippen molar-refractivity contribution in [2.75, 3.05) is 6.54 Å². The van der Waals surface area contributed by atoms with Crippen molar-refractivity contribution in [1.82, 2.24) is 5.32 Å². The fraction of sp³-hybridized carbons (Fsp3) is 0.455. The molecule has 0 unspecified atom stereocenters. The fourth-order valence-corrected chi connectivity index (χ4v) is 2.46. The van der Waals surface area contributed by atoms with Crippen LogP contribution < -0.4 is 5.32 Å². The van der Waals surface area contributed by atoms with Crippen molar-refractivity contribution in [2.45, 2.75) is 25.3 Å². The molecule has 1 fully saturated rings. The molecule has 1 nitrogen and oxygen atoms in total. The van der Waals surface area contributed by atoms with Crippen LogP contribution in [0, 0.1) is 0 Å². The normalized spacial score (nSPS) is 20.8. The average Bonchev–Trinajstić information content (AvgIpc) is 2.18. The molecule has 1 N–H and O–H groups in total. The van der Waals surface area contributed by atoms with Gasteiger partial charge in [0.05, 0.1) is 0 Å². The van der Waals surface area contributed by atoms with Gasteiger partial charge in [-0.05, 0) is 43.1 Å². The summed E-state index contributed by atoms with van der Waals surface area (Å²) in [5, 5.41) is 4.92. The summed E-state index contributed by atoms with van der Waals surface area (Å²) in [6.45, 7) is 1.09. The van der Waals surface area contributed by atoms with Gasteiger partial charge in [-0.15, -0.1) is 12.4 Å². The number of benzene rings is 1. The highest BCUT2D eigenvalue weighted by Gasteiger charge is 2.15. The number of nitrogens with one attached hydrogen (secondary N) is 1. The monoisotopic (exact) mass is 265 g/mol. The maximum absolute atomic E-state index is 5.96. The smallest absolute Gasteiger partial charge is 0.0424 e. The van der Waals surface area contributed by atoms with Gasteiger partial charge in [0.25, 0.3) is 0 Å². The van der Waals surface area contributed by atoms with Crippen LogP contribution in [0.4, 0.5) is 0 Å². The van der Waals surface area contributed by atoms with E-state index in [1.54, 1.807) is 6.07 Å². The summed E-state index contributed by atoms with van der Waals surface area (Å²) >= 11 is 11.9. The molecule has 1 aromatic rings. The highest BCUT2D eigenvalue weighted by Crippen LogP contribution is 2.27. The Morgan fingerprint density at radius 3 is 2.27 bits per heavy atom. The fourth-order valence-electron chi connectivity index (χ4n) is 1.91. The third-order valence-corrected chi connectivity index (χ3v) is 3.03. The third kappa shape index (κ3) is 3.53. The minimum atomic E-state index is 0. The molecule has 2 rings (SSSR count). The molecule has 1 aliphatic heterocycles. The minimum Gasteiger partial charge on any atom is -0.310 e. The molecule has 0 spiro atoms. The van der Waals surface area contributed by atoms with E-state index >= 15 is 0 Å². The molecule has 0 saturated carbocycles. The molecule has 0 aliphatic carbocycles. The summed E-state index contributed by atoms with van der Waals surface area (Å²) in [5.41, 5.74) is 1.21. The van der Waals surface area contributed by atoms with E-state index < -0.39 is 0 Å². The van der Waals surface area contributed by atoms with Gasteiger partial charge in [0.15, 0.2) is 0 Å². The molecule has 4 heteroatoms. The van der Waals surface area contributed by atoms with Crippen LogP contribution in [0.2, 0.25) is 10.0 Å². The van der Waals surface area contributed by atoms with E-state index in [0.717, 1.165) is 16.6 Å². The molecule has 0 aromatic heterocycles. The van der Waals surface area contributed by atoms with Crippen LogP contribution in [0.25, 0.3) is 0 Å². The van der Waals surface area contributed by atoms with Gasteiger partial charge in [0.1, 0.15) is 0 Å². The van der Waals surface area contributed by atoms with E-state index in [2.05, 4.69) is 5.32 Å². The molecular formula is C11H14Cl3N. The van der Waals surface area contributed by atoms with Crippen molar-refractivity contribution in [3.63, 3.8) is 0 Å². The van der Waals surface area contributed by atoms with Crippen molar-refractivity contribution >= 4 is 35.6 Å². The number of hydrogen-bond acceptors (Lipinski definition) is 1. The molecule has 1 aromatic carbocycles. The zero-order chi connectivity index (χ0) is 9.97. The first-order valence-corrected chi connectivity index (χ1v) is 5.71. The van der Waals surface area contributed by atoms with Crippen LogP contribution in [-0.4, -0.2) is 6.54 Å². The quantitative estimate of drug-likeness (QED) is 0.802. The Morgan fingerprint density at radius 1 is 1.07 bits per heavy atom. The topological polar surface area (TPSA) is 12.0 Å². The number of piperidine rings is 1. The molecule has 84 valence electrons. The first-order chi connectivity index (χ1) is 6.75. The lowest BCUT2D eigenvalue weighted by Crippen LogP contribution is -2.26. The van der Waals surface area contributed by atoms with Crippen LogP contribution in [0.1, 0.15) is 30.9 Å². The van der Waals surface area contributed by atoms with E-state index in [0.29, 0.717) is 6.04 Å². The first-order valence-electron chi connectivity index (χ1n) is 4.95. The van der Waals surface area contributed by atoms with Crippen molar-refractivity contribution in [1.29, 1.82) is 0 Å². The van der Waals surface area contributed by atoms with Gasteiger partial charge in [-0.2, -0.15) is 0 Å². The Morgan fingerprint density at radius 2 is 1.73 bits per heavy atom. The Kier molecular flexibility index (Phi) is 5.20. The molecule has 1 atom stereocenters. The number of halogens is 3. The van der Waals surface area contributed by atoms with Gasteiger partial charge >= 0.3 is 0 Å². The van der Waals surface area contributed by atoms with Crippen LogP contribution in [0.3, 0.4) is 0 Å². The van der Waals surface area contributed by atoms with Crippen molar-refractivity contribution in [2.24, 2.45) is 0 Å². The summed E-state index contributed by atoms with van der Waals surface area (Å²) < 4.78 is 0. The summed E-state index contributed by atoms with van der Waals surface area (Å²) in [7, 11) is 0. The highest BCUT2D eigenvalue weighted by molar-refractivity contribution is 6.34. The lowest BCUT2D eigenvalue weighted by atomic mass is 9.98. The summed E-state index contributed by atoms with van der Waals surface area (Å²) in [6, 6.07) is 6.20. The molecule has 1 aliphatic rings. The summed E-state index contributed by atoms with van der Waals surface area (Å²) in [6.07, 6.45) is 3.73. The van der Waals surface area contributed by atoms with Crippen molar-refractivity contribution in [3.05, 3.63) is 33.8 Å². The highest BCUT2D eigenvalue weighted by atomic mass is 35.5. The zero-order valence-corrected chi connectivity index (χ0v) is 10.6. The van der Waals surface area contributed by atoms with Gasteiger partial charge in [-0.25, -0.2) is 0 Å². The van der Waals surface area contributed by atoms with Gasteiger partial charge in [0.2, 0.25) is 0 Å². The van der Waals surface area contributed by atoms with Gasteiger partial charge < -0.3 is 5.32 Å².